The van der Waals surface area contributed by atoms with E-state index < -0.39 is 11.5 Å². The number of hydrogen-bond acceptors (Lipinski definition) is 3. The van der Waals surface area contributed by atoms with Gasteiger partial charge in [0.25, 0.3) is 5.91 Å². The summed E-state index contributed by atoms with van der Waals surface area (Å²) in [6.07, 6.45) is -0.667. The van der Waals surface area contributed by atoms with Crippen LogP contribution >= 0.6 is 0 Å². The summed E-state index contributed by atoms with van der Waals surface area (Å²) in [6, 6.07) is 11.5. The molecular weight excluding hydrogens is 347 g/mol. The van der Waals surface area contributed by atoms with Gasteiger partial charge in [0.1, 0.15) is 11.6 Å². The predicted octanol–water partition coefficient (Wildman–Crippen LogP) is 4.12. The topological polar surface area (TPSA) is 58.6 Å². The molecule has 0 radical (unpaired) electrons. The Kier molecular flexibility index (Phi) is 4.91. The van der Waals surface area contributed by atoms with E-state index in [4.69, 9.17) is 4.74 Å². The highest BCUT2D eigenvalue weighted by Crippen LogP contribution is 2.37. The van der Waals surface area contributed by atoms with E-state index >= 15 is 0 Å². The van der Waals surface area contributed by atoms with Gasteiger partial charge in [0.05, 0.1) is 12.2 Å². The summed E-state index contributed by atoms with van der Waals surface area (Å²) in [7, 11) is 0. The second-order valence-corrected chi connectivity index (χ2v) is 7.66. The minimum absolute atomic E-state index is 0.0862. The van der Waals surface area contributed by atoms with Crippen LogP contribution in [0.3, 0.4) is 0 Å². The van der Waals surface area contributed by atoms with Crippen LogP contribution in [0.1, 0.15) is 33.3 Å². The lowest BCUT2D eigenvalue weighted by atomic mass is 9.95. The first-order valence-corrected chi connectivity index (χ1v) is 8.84. The molecule has 0 spiro atoms. The van der Waals surface area contributed by atoms with Crippen molar-refractivity contribution >= 4 is 23.2 Å². The highest BCUT2D eigenvalue weighted by molar-refractivity contribution is 6.01. The van der Waals surface area contributed by atoms with E-state index in [0.717, 1.165) is 0 Å². The van der Waals surface area contributed by atoms with Gasteiger partial charge in [-0.05, 0) is 31.2 Å². The van der Waals surface area contributed by atoms with Crippen molar-refractivity contribution in [2.24, 2.45) is 5.41 Å². The third-order valence-corrected chi connectivity index (χ3v) is 4.39. The van der Waals surface area contributed by atoms with Crippen molar-refractivity contribution in [2.75, 3.05) is 10.2 Å². The highest BCUT2D eigenvalue weighted by atomic mass is 19.1. The van der Waals surface area contributed by atoms with Crippen LogP contribution in [0.4, 0.5) is 15.8 Å². The van der Waals surface area contributed by atoms with Gasteiger partial charge in [0.2, 0.25) is 5.91 Å². The van der Waals surface area contributed by atoms with Gasteiger partial charge in [0, 0.05) is 16.7 Å². The monoisotopic (exact) mass is 370 g/mol. The Labute approximate surface area is 158 Å². The van der Waals surface area contributed by atoms with Crippen LogP contribution in [0.5, 0.6) is 5.75 Å². The number of hydrogen-bond donors (Lipinski definition) is 1. The fraction of sp³-hybridized carbons (Fsp3) is 0.333. The molecule has 0 aromatic heterocycles. The Balaban J connectivity index is 1.96. The van der Waals surface area contributed by atoms with Crippen LogP contribution in [0.2, 0.25) is 0 Å². The van der Waals surface area contributed by atoms with Crippen molar-refractivity contribution in [1.82, 2.24) is 0 Å². The second kappa shape index (κ2) is 7.02. The molecule has 2 amide bonds. The van der Waals surface area contributed by atoms with E-state index in [-0.39, 0.29) is 24.2 Å². The molecule has 0 fully saturated rings. The lowest BCUT2D eigenvalue weighted by molar-refractivity contribution is -0.125. The number of rotatable bonds is 3. The van der Waals surface area contributed by atoms with Gasteiger partial charge in [-0.3, -0.25) is 9.59 Å². The number of fused-ring (bicyclic) bond motifs is 1. The molecule has 142 valence electrons. The molecule has 1 unspecified atom stereocenters. The molecule has 2 aromatic carbocycles. The van der Waals surface area contributed by atoms with Gasteiger partial charge in [-0.1, -0.05) is 39.0 Å². The molecule has 0 bridgehead atoms. The maximum absolute atomic E-state index is 14.1. The Morgan fingerprint density at radius 3 is 2.59 bits per heavy atom. The second-order valence-electron chi connectivity index (χ2n) is 7.66. The molecule has 1 N–H and O–H groups in total. The number of carbonyl (C=O) groups is 2. The van der Waals surface area contributed by atoms with E-state index in [9.17, 15) is 14.0 Å². The molecular formula is C21H23FN2O3. The zero-order valence-electron chi connectivity index (χ0n) is 15.9. The molecule has 1 heterocycles. The summed E-state index contributed by atoms with van der Waals surface area (Å²) in [4.78, 5) is 26.4. The van der Waals surface area contributed by atoms with Crippen molar-refractivity contribution in [2.45, 2.75) is 40.3 Å². The minimum Gasteiger partial charge on any atom is -0.479 e. The van der Waals surface area contributed by atoms with Crippen molar-refractivity contribution in [3.63, 3.8) is 0 Å². The average molecular weight is 370 g/mol. The van der Waals surface area contributed by atoms with Crippen LogP contribution in [-0.4, -0.2) is 17.9 Å². The fourth-order valence-electron chi connectivity index (χ4n) is 2.76. The van der Waals surface area contributed by atoms with E-state index in [2.05, 4.69) is 5.32 Å². The molecule has 0 saturated carbocycles. The largest absolute Gasteiger partial charge is 0.479 e. The van der Waals surface area contributed by atoms with Crippen LogP contribution in [0, 0.1) is 11.2 Å². The van der Waals surface area contributed by atoms with Gasteiger partial charge < -0.3 is 15.0 Å². The summed E-state index contributed by atoms with van der Waals surface area (Å²) in [5, 5.41) is 2.85. The molecule has 5 nitrogen and oxygen atoms in total. The number of carbonyl (C=O) groups excluding carboxylic acids is 2. The molecule has 6 heteroatoms. The Hall–Kier alpha value is -2.89. The number of ether oxygens (including phenoxy) is 1. The van der Waals surface area contributed by atoms with Gasteiger partial charge in [-0.2, -0.15) is 0 Å². The lowest BCUT2D eigenvalue weighted by Gasteiger charge is -2.33. The molecule has 1 aliphatic rings. The van der Waals surface area contributed by atoms with E-state index in [1.807, 2.05) is 20.8 Å². The van der Waals surface area contributed by atoms with Crippen LogP contribution in [0.25, 0.3) is 0 Å². The zero-order valence-corrected chi connectivity index (χ0v) is 15.9. The third kappa shape index (κ3) is 3.94. The van der Waals surface area contributed by atoms with E-state index in [1.165, 1.54) is 11.0 Å². The smallest absolute Gasteiger partial charge is 0.268 e. The van der Waals surface area contributed by atoms with Gasteiger partial charge in [0.15, 0.2) is 6.10 Å². The maximum Gasteiger partial charge on any atom is 0.268 e. The lowest BCUT2D eigenvalue weighted by Crippen LogP contribution is -2.44. The first kappa shape index (κ1) is 18.9. The van der Waals surface area contributed by atoms with Crippen molar-refractivity contribution in [3.8, 4) is 5.75 Å². The predicted molar refractivity (Wildman–Crippen MR) is 102 cm³/mol. The summed E-state index contributed by atoms with van der Waals surface area (Å²) < 4.78 is 19.8. The fourth-order valence-corrected chi connectivity index (χ4v) is 2.76. The van der Waals surface area contributed by atoms with Crippen molar-refractivity contribution in [1.29, 1.82) is 0 Å². The zero-order chi connectivity index (χ0) is 19.8. The summed E-state index contributed by atoms with van der Waals surface area (Å²) in [5.74, 6) is -0.250. The number of halogens is 1. The van der Waals surface area contributed by atoms with Gasteiger partial charge in [-0.15, -0.1) is 0 Å². The molecule has 3 rings (SSSR count). The number of amides is 2. The molecule has 1 atom stereocenters. The van der Waals surface area contributed by atoms with Crippen molar-refractivity contribution < 1.29 is 18.7 Å². The SMILES string of the molecule is CC1Oc2ccc(NC(=O)C(C)(C)C)cc2N(Cc2ccccc2F)C1=O. The summed E-state index contributed by atoms with van der Waals surface area (Å²) >= 11 is 0. The quantitative estimate of drug-likeness (QED) is 0.884. The number of anilines is 2. The summed E-state index contributed by atoms with van der Waals surface area (Å²) in [5.41, 5.74) is 0.921. The van der Waals surface area contributed by atoms with Crippen LogP contribution in [0.15, 0.2) is 42.5 Å². The highest BCUT2D eigenvalue weighted by Gasteiger charge is 2.32. The van der Waals surface area contributed by atoms with Gasteiger partial charge in [-0.25, -0.2) is 4.39 Å². The summed E-state index contributed by atoms with van der Waals surface area (Å²) in [6.45, 7) is 7.20. The first-order valence-electron chi connectivity index (χ1n) is 8.84. The first-order chi connectivity index (χ1) is 12.7. The molecule has 27 heavy (non-hydrogen) atoms. The molecule has 0 saturated heterocycles. The maximum atomic E-state index is 14.1. The number of benzene rings is 2. The standard InChI is InChI=1S/C21H23FN2O3/c1-13-19(25)24(12-14-7-5-6-8-16(14)22)17-11-15(9-10-18(17)27-13)23-20(26)21(2,3)4/h5-11,13H,12H2,1-4H3,(H,23,26). The molecule has 1 aliphatic heterocycles. The Bertz CT molecular complexity index is 889. The normalized spacial score (nSPS) is 16.6. The Morgan fingerprint density at radius 2 is 1.93 bits per heavy atom. The molecule has 0 aliphatic carbocycles. The number of nitrogens with one attached hydrogen (secondary N) is 1. The number of nitrogens with zero attached hydrogens (tertiary/aromatic N) is 1. The molecule has 2 aromatic rings. The van der Waals surface area contributed by atoms with Crippen LogP contribution < -0.4 is 15.0 Å². The van der Waals surface area contributed by atoms with Crippen LogP contribution in [-0.2, 0) is 16.1 Å². The Morgan fingerprint density at radius 1 is 1.22 bits per heavy atom. The van der Waals surface area contributed by atoms with Crippen molar-refractivity contribution in [3.05, 3.63) is 53.8 Å². The van der Waals surface area contributed by atoms with E-state index in [1.54, 1.807) is 43.3 Å². The van der Waals surface area contributed by atoms with Gasteiger partial charge >= 0.3 is 0 Å². The minimum atomic E-state index is -0.667. The van der Waals surface area contributed by atoms with E-state index in [0.29, 0.717) is 22.7 Å². The third-order valence-electron chi connectivity index (χ3n) is 4.39. The average Bonchev–Trinajstić information content (AvgIpc) is 2.60.